The fraction of sp³-hybridized carbons (Fsp3) is 0.357. The van der Waals surface area contributed by atoms with Crippen LogP contribution in [0.3, 0.4) is 0 Å². The van der Waals surface area contributed by atoms with Crippen molar-refractivity contribution >= 4 is 21.9 Å². The fourth-order valence-electron chi connectivity index (χ4n) is 2.19. The van der Waals surface area contributed by atoms with Crippen LogP contribution in [0.1, 0.15) is 11.1 Å². The monoisotopic (exact) mass is 323 g/mol. The molecule has 100 valence electrons. The highest BCUT2D eigenvalue weighted by Crippen LogP contribution is 2.33. The zero-order valence-electron chi connectivity index (χ0n) is 10.4. The molecule has 1 aliphatic rings. The highest BCUT2D eigenvalue weighted by atomic mass is 79.9. The molecule has 0 aromatic heterocycles. The summed E-state index contributed by atoms with van der Waals surface area (Å²) >= 11 is 3.46. The largest absolute Gasteiger partial charge is 0.493 e. The summed E-state index contributed by atoms with van der Waals surface area (Å²) < 4.78 is 6.60. The molecule has 0 bridgehead atoms. The minimum Gasteiger partial charge on any atom is -0.493 e. The summed E-state index contributed by atoms with van der Waals surface area (Å²) in [5, 5.41) is 8.89. The number of terminal acetylenes is 1. The van der Waals surface area contributed by atoms with Gasteiger partial charge in [0.2, 0.25) is 0 Å². The Bertz CT molecular complexity index is 536. The van der Waals surface area contributed by atoms with E-state index in [1.165, 1.54) is 0 Å². The van der Waals surface area contributed by atoms with Crippen molar-refractivity contribution in [1.82, 2.24) is 4.90 Å². The molecule has 0 unspecified atom stereocenters. The van der Waals surface area contributed by atoms with Gasteiger partial charge in [-0.3, -0.25) is 9.69 Å². The van der Waals surface area contributed by atoms with E-state index < -0.39 is 5.97 Å². The van der Waals surface area contributed by atoms with Crippen molar-refractivity contribution in [2.75, 3.05) is 19.7 Å². The number of carboxylic acids is 1. The number of carboxylic acid groups (broad SMARTS) is 1. The Morgan fingerprint density at radius 1 is 1.58 bits per heavy atom. The van der Waals surface area contributed by atoms with Crippen molar-refractivity contribution in [2.24, 2.45) is 0 Å². The van der Waals surface area contributed by atoms with Crippen molar-refractivity contribution < 1.29 is 14.6 Å². The van der Waals surface area contributed by atoms with E-state index in [1.807, 2.05) is 12.1 Å². The molecule has 0 atom stereocenters. The van der Waals surface area contributed by atoms with Crippen LogP contribution >= 0.6 is 15.9 Å². The number of rotatable bonds is 5. The molecule has 1 heterocycles. The molecule has 0 spiro atoms. The lowest BCUT2D eigenvalue weighted by molar-refractivity contribution is -0.138. The van der Waals surface area contributed by atoms with Crippen molar-refractivity contribution in [1.29, 1.82) is 0 Å². The summed E-state index contributed by atoms with van der Waals surface area (Å²) in [6, 6.07) is 3.99. The van der Waals surface area contributed by atoms with Gasteiger partial charge in [0.05, 0.1) is 19.7 Å². The van der Waals surface area contributed by atoms with E-state index in [1.54, 1.807) is 4.90 Å². The summed E-state index contributed by atoms with van der Waals surface area (Å²) in [5.41, 5.74) is 2.12. The summed E-state index contributed by atoms with van der Waals surface area (Å²) in [5.74, 6) is 2.47. The summed E-state index contributed by atoms with van der Waals surface area (Å²) in [7, 11) is 0. The fourth-order valence-corrected chi connectivity index (χ4v) is 2.75. The molecule has 0 amide bonds. The summed E-state index contributed by atoms with van der Waals surface area (Å²) in [4.78, 5) is 12.5. The first-order valence-corrected chi connectivity index (χ1v) is 6.71. The predicted molar refractivity (Wildman–Crippen MR) is 75.1 cm³/mol. The molecule has 1 aromatic carbocycles. The van der Waals surface area contributed by atoms with Gasteiger partial charge in [-0.25, -0.2) is 0 Å². The van der Waals surface area contributed by atoms with Gasteiger partial charge in [-0.05, 0) is 17.7 Å². The van der Waals surface area contributed by atoms with Crippen LogP contribution in [0.4, 0.5) is 0 Å². The number of nitrogens with zero attached hydrogens (tertiary/aromatic N) is 1. The number of fused-ring (bicyclic) bond motifs is 1. The first kappa shape index (κ1) is 13.9. The van der Waals surface area contributed by atoms with Crippen LogP contribution in [-0.2, 0) is 17.8 Å². The van der Waals surface area contributed by atoms with Crippen LogP contribution < -0.4 is 4.74 Å². The van der Waals surface area contributed by atoms with Crippen LogP contribution in [0.2, 0.25) is 0 Å². The second-order valence-corrected chi connectivity index (χ2v) is 5.31. The zero-order chi connectivity index (χ0) is 13.8. The first-order chi connectivity index (χ1) is 9.10. The Balaban J connectivity index is 2.22. The molecule has 0 aliphatic carbocycles. The Kier molecular flexibility index (Phi) is 4.46. The zero-order valence-corrected chi connectivity index (χ0v) is 11.9. The number of ether oxygens (including phenoxy) is 1. The van der Waals surface area contributed by atoms with Gasteiger partial charge in [0.1, 0.15) is 5.75 Å². The lowest BCUT2D eigenvalue weighted by Gasteiger charge is -2.19. The normalized spacial score (nSPS) is 12.9. The van der Waals surface area contributed by atoms with Gasteiger partial charge in [0.15, 0.2) is 0 Å². The van der Waals surface area contributed by atoms with Gasteiger partial charge >= 0.3 is 5.97 Å². The summed E-state index contributed by atoms with van der Waals surface area (Å²) in [6.07, 6.45) is 6.16. The number of halogens is 1. The first-order valence-electron chi connectivity index (χ1n) is 5.92. The lowest BCUT2D eigenvalue weighted by atomic mass is 10.1. The number of benzene rings is 1. The Labute approximate surface area is 120 Å². The molecule has 1 aromatic rings. The highest BCUT2D eigenvalue weighted by Gasteiger charge is 2.19. The molecule has 1 aliphatic heterocycles. The minimum absolute atomic E-state index is 0.0779. The van der Waals surface area contributed by atoms with Gasteiger partial charge in [0, 0.05) is 23.0 Å². The second-order valence-electron chi connectivity index (χ2n) is 4.39. The van der Waals surface area contributed by atoms with E-state index in [2.05, 4.69) is 21.9 Å². The van der Waals surface area contributed by atoms with E-state index in [9.17, 15) is 4.79 Å². The van der Waals surface area contributed by atoms with E-state index in [0.29, 0.717) is 19.7 Å². The van der Waals surface area contributed by atoms with E-state index >= 15 is 0 Å². The molecule has 19 heavy (non-hydrogen) atoms. The second kappa shape index (κ2) is 6.09. The molecule has 4 nitrogen and oxygen atoms in total. The van der Waals surface area contributed by atoms with Crippen molar-refractivity contribution in [3.05, 3.63) is 27.7 Å². The summed E-state index contributed by atoms with van der Waals surface area (Å²) in [6.45, 7) is 1.37. The molecular weight excluding hydrogens is 310 g/mol. The molecule has 0 radical (unpaired) electrons. The molecular formula is C14H14BrNO3. The van der Waals surface area contributed by atoms with Crippen LogP contribution in [0.25, 0.3) is 0 Å². The maximum Gasteiger partial charge on any atom is 0.317 e. The Hall–Kier alpha value is -1.51. The Morgan fingerprint density at radius 3 is 3.05 bits per heavy atom. The SMILES string of the molecule is C#CCN(CC(=O)O)Cc1cc(Br)cc2c1OCC2. The minimum atomic E-state index is -0.886. The lowest BCUT2D eigenvalue weighted by Crippen LogP contribution is -2.29. The predicted octanol–water partition coefficient (Wildman–Crippen LogP) is 1.90. The van der Waals surface area contributed by atoms with E-state index in [0.717, 1.165) is 27.8 Å². The molecule has 0 saturated heterocycles. The topological polar surface area (TPSA) is 49.8 Å². The van der Waals surface area contributed by atoms with Crippen LogP contribution in [-0.4, -0.2) is 35.7 Å². The average molecular weight is 324 g/mol. The number of carbonyl (C=O) groups is 1. The van der Waals surface area contributed by atoms with E-state index in [-0.39, 0.29) is 6.54 Å². The van der Waals surface area contributed by atoms with Crippen molar-refractivity contribution in [3.63, 3.8) is 0 Å². The third kappa shape index (κ3) is 3.49. The third-order valence-electron chi connectivity index (χ3n) is 2.89. The van der Waals surface area contributed by atoms with Gasteiger partial charge in [0.25, 0.3) is 0 Å². The van der Waals surface area contributed by atoms with Gasteiger partial charge in [-0.15, -0.1) is 6.42 Å². The quantitative estimate of drug-likeness (QED) is 0.841. The van der Waals surface area contributed by atoms with Crippen molar-refractivity contribution in [2.45, 2.75) is 13.0 Å². The van der Waals surface area contributed by atoms with Gasteiger partial charge < -0.3 is 9.84 Å². The third-order valence-corrected chi connectivity index (χ3v) is 3.35. The molecule has 2 rings (SSSR count). The van der Waals surface area contributed by atoms with Crippen molar-refractivity contribution in [3.8, 4) is 18.1 Å². The highest BCUT2D eigenvalue weighted by molar-refractivity contribution is 9.10. The maximum atomic E-state index is 10.8. The standard InChI is InChI=1S/C14H14BrNO3/c1-2-4-16(9-13(17)18)8-11-7-12(15)6-10-3-5-19-14(10)11/h1,6-7H,3-5,8-9H2,(H,17,18). The molecule has 1 N–H and O–H groups in total. The van der Waals surface area contributed by atoms with E-state index in [4.69, 9.17) is 16.3 Å². The smallest absolute Gasteiger partial charge is 0.317 e. The maximum absolute atomic E-state index is 10.8. The average Bonchev–Trinajstić information content (AvgIpc) is 2.76. The molecule has 5 heteroatoms. The number of hydrogen-bond donors (Lipinski definition) is 1. The number of hydrogen-bond acceptors (Lipinski definition) is 3. The number of aliphatic carboxylic acids is 1. The van der Waals surface area contributed by atoms with Crippen LogP contribution in [0.15, 0.2) is 16.6 Å². The van der Waals surface area contributed by atoms with Gasteiger partial charge in [-0.2, -0.15) is 0 Å². The molecule has 0 fully saturated rings. The van der Waals surface area contributed by atoms with Crippen LogP contribution in [0.5, 0.6) is 5.75 Å². The van der Waals surface area contributed by atoms with Gasteiger partial charge in [-0.1, -0.05) is 21.9 Å². The Morgan fingerprint density at radius 2 is 2.37 bits per heavy atom. The van der Waals surface area contributed by atoms with Crippen LogP contribution in [0, 0.1) is 12.3 Å². The molecule has 0 saturated carbocycles.